The topological polar surface area (TPSA) is 58.5 Å². The van der Waals surface area contributed by atoms with Crippen LogP contribution < -0.4 is 15.9 Å². The van der Waals surface area contributed by atoms with Crippen LogP contribution in [-0.2, 0) is 15.0 Å². The molecule has 2 aliphatic rings. The molecule has 0 bridgehead atoms. The lowest BCUT2D eigenvalue weighted by Crippen LogP contribution is -2.43. The zero-order chi connectivity index (χ0) is 20.4. The summed E-state index contributed by atoms with van der Waals surface area (Å²) in [4.78, 5) is 29.8. The molecule has 150 valence electrons. The van der Waals surface area contributed by atoms with Crippen molar-refractivity contribution >= 4 is 29.5 Å². The molecule has 1 atom stereocenters. The fourth-order valence-electron chi connectivity index (χ4n) is 4.49. The van der Waals surface area contributed by atoms with Crippen molar-refractivity contribution in [3.63, 3.8) is 0 Å². The van der Waals surface area contributed by atoms with E-state index in [1.807, 2.05) is 55.5 Å². The smallest absolute Gasteiger partial charge is 0.253 e. The fraction of sp³-hybridized carbons (Fsp3) is 0.375. The van der Waals surface area contributed by atoms with Crippen molar-refractivity contribution in [2.75, 3.05) is 6.54 Å². The number of hydrogen-bond acceptors (Lipinski definition) is 2. The Labute approximate surface area is 175 Å². The van der Waals surface area contributed by atoms with E-state index in [-0.39, 0.29) is 17.7 Å². The van der Waals surface area contributed by atoms with Gasteiger partial charge in [-0.1, -0.05) is 54.8 Å². The molecule has 1 aliphatic heterocycles. The Bertz CT molecular complexity index is 1050. The van der Waals surface area contributed by atoms with E-state index >= 15 is 0 Å². The molecule has 1 heterocycles. The Balaban J connectivity index is 1.44. The van der Waals surface area contributed by atoms with Crippen molar-refractivity contribution in [1.29, 1.82) is 0 Å². The first-order valence-corrected chi connectivity index (χ1v) is 10.6. The summed E-state index contributed by atoms with van der Waals surface area (Å²) in [6.45, 7) is 2.44. The second-order valence-corrected chi connectivity index (χ2v) is 8.56. The number of aryl methyl sites for hydroxylation is 1. The molecule has 0 spiro atoms. The van der Waals surface area contributed by atoms with Crippen LogP contribution in [0.5, 0.6) is 0 Å². The first-order valence-electron chi connectivity index (χ1n) is 10.2. The lowest BCUT2D eigenvalue weighted by molar-refractivity contribution is -0.127. The summed E-state index contributed by atoms with van der Waals surface area (Å²) in [5.74, 6) is -0.375. The number of benzene rings is 2. The predicted octanol–water partition coefficient (Wildman–Crippen LogP) is 3.22. The van der Waals surface area contributed by atoms with Crippen LogP contribution in [0.15, 0.2) is 47.5 Å². The summed E-state index contributed by atoms with van der Waals surface area (Å²) < 4.78 is 0. The number of hydrogen-bond donors (Lipinski definition) is 1. The van der Waals surface area contributed by atoms with Crippen LogP contribution in [0.3, 0.4) is 0 Å². The van der Waals surface area contributed by atoms with Gasteiger partial charge >= 0.3 is 0 Å². The standard InChI is InChI=1S/C24H25ClN2O2/c1-16-4-5-17-15-18(22(28)27-21(17)14-16)10-13-26-23(29)24(11-2-3-12-24)19-6-8-20(25)9-7-19/h4-9,14-15,18H,2-3,10-13H2,1H3,(H,26,29). The third kappa shape index (κ3) is 3.99. The van der Waals surface area contributed by atoms with Gasteiger partial charge in [0.1, 0.15) is 0 Å². The van der Waals surface area contributed by atoms with Crippen molar-refractivity contribution in [3.05, 3.63) is 69.2 Å². The summed E-state index contributed by atoms with van der Waals surface area (Å²) in [5.41, 5.74) is 1.62. The zero-order valence-corrected chi connectivity index (χ0v) is 17.3. The number of nitrogens with zero attached hydrogens (tertiary/aromatic N) is 1. The lowest BCUT2D eigenvalue weighted by Gasteiger charge is -2.28. The van der Waals surface area contributed by atoms with E-state index in [9.17, 15) is 9.59 Å². The number of fused-ring (bicyclic) bond motifs is 1. The molecule has 1 aliphatic carbocycles. The first-order chi connectivity index (χ1) is 14.0. The summed E-state index contributed by atoms with van der Waals surface area (Å²) >= 11 is 6.03. The van der Waals surface area contributed by atoms with Crippen molar-refractivity contribution in [2.24, 2.45) is 10.9 Å². The van der Waals surface area contributed by atoms with E-state index in [1.54, 1.807) is 0 Å². The molecule has 1 unspecified atom stereocenters. The number of nitrogens with one attached hydrogen (secondary N) is 1. The second-order valence-electron chi connectivity index (χ2n) is 8.13. The number of rotatable bonds is 5. The minimum absolute atomic E-state index is 0.0496. The summed E-state index contributed by atoms with van der Waals surface area (Å²) in [6.07, 6.45) is 6.30. The van der Waals surface area contributed by atoms with Crippen LogP contribution in [-0.4, -0.2) is 18.4 Å². The third-order valence-corrected chi connectivity index (χ3v) is 6.40. The van der Waals surface area contributed by atoms with Gasteiger partial charge in [0.25, 0.3) is 5.91 Å². The van der Waals surface area contributed by atoms with Gasteiger partial charge in [-0.25, -0.2) is 4.99 Å². The SMILES string of the molecule is Cc1ccc2c(c1)=NC(=O)C(CCNC(=O)C1(c3ccc(Cl)cc3)CCCC1)C=2. The molecule has 2 amide bonds. The van der Waals surface area contributed by atoms with Gasteiger partial charge in [0.15, 0.2) is 0 Å². The van der Waals surface area contributed by atoms with Crippen LogP contribution in [0.25, 0.3) is 6.08 Å². The Morgan fingerprint density at radius 3 is 2.62 bits per heavy atom. The zero-order valence-electron chi connectivity index (χ0n) is 16.6. The molecular weight excluding hydrogens is 384 g/mol. The molecule has 0 saturated heterocycles. The maximum absolute atomic E-state index is 13.1. The van der Waals surface area contributed by atoms with Crippen molar-refractivity contribution in [3.8, 4) is 0 Å². The molecule has 2 aromatic rings. The van der Waals surface area contributed by atoms with E-state index in [0.717, 1.165) is 47.4 Å². The molecule has 2 aromatic carbocycles. The molecule has 4 rings (SSSR count). The summed E-state index contributed by atoms with van der Waals surface area (Å²) in [7, 11) is 0. The average Bonchev–Trinajstić information content (AvgIpc) is 3.20. The minimum atomic E-state index is -0.487. The van der Waals surface area contributed by atoms with Crippen LogP contribution >= 0.6 is 11.6 Å². The molecule has 1 N–H and O–H groups in total. The van der Waals surface area contributed by atoms with E-state index in [1.165, 1.54) is 0 Å². The Kier molecular flexibility index (Phi) is 5.55. The summed E-state index contributed by atoms with van der Waals surface area (Å²) in [6, 6.07) is 13.6. The molecule has 4 nitrogen and oxygen atoms in total. The highest BCUT2D eigenvalue weighted by Crippen LogP contribution is 2.41. The largest absolute Gasteiger partial charge is 0.355 e. The monoisotopic (exact) mass is 408 g/mol. The number of halogens is 1. The predicted molar refractivity (Wildman–Crippen MR) is 114 cm³/mol. The highest BCUT2D eigenvalue weighted by Gasteiger charge is 2.42. The molecule has 29 heavy (non-hydrogen) atoms. The Morgan fingerprint density at radius 2 is 1.90 bits per heavy atom. The molecule has 1 saturated carbocycles. The fourth-order valence-corrected chi connectivity index (χ4v) is 4.62. The van der Waals surface area contributed by atoms with E-state index in [4.69, 9.17) is 11.6 Å². The lowest BCUT2D eigenvalue weighted by atomic mass is 9.78. The minimum Gasteiger partial charge on any atom is -0.355 e. The van der Waals surface area contributed by atoms with Gasteiger partial charge in [0.05, 0.1) is 16.7 Å². The highest BCUT2D eigenvalue weighted by molar-refractivity contribution is 6.30. The van der Waals surface area contributed by atoms with Gasteiger partial charge in [0, 0.05) is 11.6 Å². The van der Waals surface area contributed by atoms with Crippen molar-refractivity contribution < 1.29 is 9.59 Å². The number of carbonyl (C=O) groups is 2. The van der Waals surface area contributed by atoms with Crippen molar-refractivity contribution in [1.82, 2.24) is 5.32 Å². The van der Waals surface area contributed by atoms with Crippen LogP contribution in [0, 0.1) is 12.8 Å². The number of carbonyl (C=O) groups excluding carboxylic acids is 2. The first kappa shape index (κ1) is 19.8. The van der Waals surface area contributed by atoms with Gasteiger partial charge in [-0.2, -0.15) is 0 Å². The molecule has 0 radical (unpaired) electrons. The number of amides is 2. The quantitative estimate of drug-likeness (QED) is 0.825. The molecule has 1 fully saturated rings. The summed E-state index contributed by atoms with van der Waals surface area (Å²) in [5, 5.41) is 5.49. The normalized spacial score (nSPS) is 19.8. The highest BCUT2D eigenvalue weighted by atomic mass is 35.5. The molecular formula is C24H25ClN2O2. The van der Waals surface area contributed by atoms with Gasteiger partial charge in [-0.3, -0.25) is 9.59 Å². The maximum Gasteiger partial charge on any atom is 0.253 e. The average molecular weight is 409 g/mol. The van der Waals surface area contributed by atoms with Crippen LogP contribution in [0.4, 0.5) is 0 Å². The van der Waals surface area contributed by atoms with E-state index in [0.29, 0.717) is 18.0 Å². The molecule has 0 aromatic heterocycles. The Morgan fingerprint density at radius 1 is 1.17 bits per heavy atom. The maximum atomic E-state index is 13.1. The molecule has 5 heteroatoms. The van der Waals surface area contributed by atoms with Gasteiger partial charge in [-0.05, 0) is 60.7 Å². The van der Waals surface area contributed by atoms with E-state index < -0.39 is 5.41 Å². The second kappa shape index (κ2) is 8.11. The third-order valence-electron chi connectivity index (χ3n) is 6.14. The van der Waals surface area contributed by atoms with Gasteiger partial charge < -0.3 is 5.32 Å². The van der Waals surface area contributed by atoms with Gasteiger partial charge in [0.2, 0.25) is 5.91 Å². The Hall–Kier alpha value is -2.46. The van der Waals surface area contributed by atoms with Crippen molar-refractivity contribution in [2.45, 2.75) is 44.4 Å². The van der Waals surface area contributed by atoms with Crippen LogP contribution in [0.1, 0.15) is 43.2 Å². The van der Waals surface area contributed by atoms with E-state index in [2.05, 4.69) is 10.3 Å². The van der Waals surface area contributed by atoms with Crippen LogP contribution in [0.2, 0.25) is 5.02 Å². The van der Waals surface area contributed by atoms with Gasteiger partial charge in [-0.15, -0.1) is 0 Å².